The number of nitrogens with two attached hydrogens (primary N) is 1. The van der Waals surface area contributed by atoms with Crippen molar-refractivity contribution in [1.82, 2.24) is 20.2 Å². The number of carbonyl (C=O) groups is 1. The molecule has 7 heteroatoms. The highest BCUT2D eigenvalue weighted by Gasteiger charge is 2.16. The molecule has 0 fully saturated rings. The second kappa shape index (κ2) is 6.45. The van der Waals surface area contributed by atoms with Crippen molar-refractivity contribution in [2.24, 2.45) is 11.7 Å². The smallest absolute Gasteiger partial charge is 0.241 e. The number of anilines is 1. The lowest BCUT2D eigenvalue weighted by atomic mass is 10.0. The Hall–Kier alpha value is -2.28. The molecule has 0 bridgehead atoms. The second-order valence-electron chi connectivity index (χ2n) is 5.48. The summed E-state index contributed by atoms with van der Waals surface area (Å²) in [6.45, 7) is 6.00. The van der Waals surface area contributed by atoms with Crippen LogP contribution in [-0.4, -0.2) is 32.2 Å². The predicted molar refractivity (Wildman–Crippen MR) is 80.0 cm³/mol. The summed E-state index contributed by atoms with van der Waals surface area (Å²) in [4.78, 5) is 12.1. The lowest BCUT2D eigenvalue weighted by Crippen LogP contribution is -2.36. The van der Waals surface area contributed by atoms with E-state index in [2.05, 4.69) is 20.8 Å². The van der Waals surface area contributed by atoms with Gasteiger partial charge >= 0.3 is 0 Å². The zero-order valence-corrected chi connectivity index (χ0v) is 12.4. The van der Waals surface area contributed by atoms with Crippen molar-refractivity contribution in [3.63, 3.8) is 0 Å². The van der Waals surface area contributed by atoms with E-state index >= 15 is 0 Å². The molecule has 1 aromatic carbocycles. The van der Waals surface area contributed by atoms with E-state index in [4.69, 9.17) is 5.73 Å². The molecule has 1 atom stereocenters. The Kier molecular flexibility index (Phi) is 4.64. The second-order valence-corrected chi connectivity index (χ2v) is 5.48. The molecule has 0 aliphatic carbocycles. The lowest BCUT2D eigenvalue weighted by molar-refractivity contribution is -0.117. The van der Waals surface area contributed by atoms with Crippen molar-refractivity contribution in [3.05, 3.63) is 30.1 Å². The number of nitrogens with zero attached hydrogens (tertiary/aromatic N) is 4. The zero-order chi connectivity index (χ0) is 15.4. The van der Waals surface area contributed by atoms with Crippen LogP contribution in [-0.2, 0) is 4.79 Å². The van der Waals surface area contributed by atoms with Crippen LogP contribution in [0.5, 0.6) is 0 Å². The fraction of sp³-hybridized carbons (Fsp3) is 0.429. The van der Waals surface area contributed by atoms with Gasteiger partial charge in [0.05, 0.1) is 11.7 Å². The van der Waals surface area contributed by atoms with Crippen LogP contribution in [0.3, 0.4) is 0 Å². The molecular formula is C14H20N6O. The summed E-state index contributed by atoms with van der Waals surface area (Å²) in [6, 6.07) is 5.10. The molecule has 2 rings (SSSR count). The Morgan fingerprint density at radius 3 is 2.81 bits per heavy atom. The molecular weight excluding hydrogens is 268 g/mol. The predicted octanol–water partition coefficient (Wildman–Crippen LogP) is 1.28. The molecule has 3 N–H and O–H groups in total. The van der Waals surface area contributed by atoms with Crippen molar-refractivity contribution in [1.29, 1.82) is 0 Å². The summed E-state index contributed by atoms with van der Waals surface area (Å²) >= 11 is 0. The largest absolute Gasteiger partial charge is 0.324 e. The number of tetrazole rings is 1. The van der Waals surface area contributed by atoms with Crippen molar-refractivity contribution >= 4 is 11.6 Å². The van der Waals surface area contributed by atoms with Crippen LogP contribution < -0.4 is 11.1 Å². The number of hydrogen-bond acceptors (Lipinski definition) is 5. The first-order valence-electron chi connectivity index (χ1n) is 6.88. The van der Waals surface area contributed by atoms with Crippen LogP contribution in [0.1, 0.15) is 25.8 Å². The first kappa shape index (κ1) is 15.1. The van der Waals surface area contributed by atoms with Gasteiger partial charge in [0.1, 0.15) is 6.33 Å². The van der Waals surface area contributed by atoms with Crippen LogP contribution >= 0.6 is 0 Å². The van der Waals surface area contributed by atoms with Gasteiger partial charge in [-0.25, -0.2) is 4.68 Å². The Balaban J connectivity index is 2.16. The first-order valence-corrected chi connectivity index (χ1v) is 6.88. The van der Waals surface area contributed by atoms with Crippen molar-refractivity contribution < 1.29 is 4.79 Å². The molecule has 1 amide bonds. The maximum atomic E-state index is 12.1. The fourth-order valence-corrected chi connectivity index (χ4v) is 2.01. The summed E-state index contributed by atoms with van der Waals surface area (Å²) in [5.74, 6) is 0.195. The van der Waals surface area contributed by atoms with E-state index in [0.717, 1.165) is 11.3 Å². The number of rotatable bonds is 5. The first-order chi connectivity index (χ1) is 9.97. The molecule has 0 aliphatic heterocycles. The highest BCUT2D eigenvalue weighted by atomic mass is 16.2. The van der Waals surface area contributed by atoms with Gasteiger partial charge < -0.3 is 11.1 Å². The third-order valence-corrected chi connectivity index (χ3v) is 3.15. The average Bonchev–Trinajstić information content (AvgIpc) is 2.94. The van der Waals surface area contributed by atoms with Crippen LogP contribution in [0.25, 0.3) is 5.69 Å². The third kappa shape index (κ3) is 3.85. The van der Waals surface area contributed by atoms with Crippen LogP contribution in [0.15, 0.2) is 24.5 Å². The number of amides is 1. The summed E-state index contributed by atoms with van der Waals surface area (Å²) in [6.07, 6.45) is 2.15. The number of benzene rings is 1. The van der Waals surface area contributed by atoms with Crippen LogP contribution in [0, 0.1) is 12.8 Å². The van der Waals surface area contributed by atoms with Gasteiger partial charge in [-0.05, 0) is 47.4 Å². The molecule has 21 heavy (non-hydrogen) atoms. The van der Waals surface area contributed by atoms with Gasteiger partial charge in [-0.2, -0.15) is 0 Å². The maximum Gasteiger partial charge on any atom is 0.241 e. The molecule has 112 valence electrons. The van der Waals surface area contributed by atoms with Gasteiger partial charge in [0, 0.05) is 5.69 Å². The summed E-state index contributed by atoms with van der Waals surface area (Å²) in [5.41, 5.74) is 8.35. The molecule has 0 aliphatic rings. The number of aryl methyl sites for hydroxylation is 1. The van der Waals surface area contributed by atoms with E-state index in [1.165, 1.54) is 11.0 Å². The lowest BCUT2D eigenvalue weighted by Gasteiger charge is -2.16. The van der Waals surface area contributed by atoms with Gasteiger partial charge in [0.2, 0.25) is 5.91 Å². The molecule has 0 unspecified atom stereocenters. The number of nitrogens with one attached hydrogen (secondary N) is 1. The molecule has 7 nitrogen and oxygen atoms in total. The molecule has 0 spiro atoms. The van der Waals surface area contributed by atoms with Crippen molar-refractivity contribution in [3.8, 4) is 5.69 Å². The quantitative estimate of drug-likeness (QED) is 0.863. The standard InChI is InChI=1S/C14H20N6O/c1-9(2)6-12(15)14(21)17-13-7-11(5-4-10(13)3)20-8-16-18-19-20/h4-5,7-9,12H,6,15H2,1-3H3,(H,17,21)/t12-/m0/s1. The summed E-state index contributed by atoms with van der Waals surface area (Å²) in [5, 5.41) is 13.9. The Bertz CT molecular complexity index is 608. The average molecular weight is 288 g/mol. The molecule has 0 saturated carbocycles. The Morgan fingerprint density at radius 2 is 2.19 bits per heavy atom. The fourth-order valence-electron chi connectivity index (χ4n) is 2.01. The maximum absolute atomic E-state index is 12.1. The van der Waals surface area contributed by atoms with Crippen LogP contribution in [0.2, 0.25) is 0 Å². The van der Waals surface area contributed by atoms with Gasteiger partial charge in [0.15, 0.2) is 0 Å². The molecule has 1 heterocycles. The van der Waals surface area contributed by atoms with E-state index in [0.29, 0.717) is 18.0 Å². The van der Waals surface area contributed by atoms with E-state index in [-0.39, 0.29) is 5.91 Å². The molecule has 2 aromatic rings. The summed E-state index contributed by atoms with van der Waals surface area (Å²) in [7, 11) is 0. The van der Waals surface area contributed by atoms with E-state index in [1.807, 2.05) is 39.0 Å². The van der Waals surface area contributed by atoms with E-state index in [1.54, 1.807) is 0 Å². The van der Waals surface area contributed by atoms with Gasteiger partial charge in [-0.3, -0.25) is 4.79 Å². The topological polar surface area (TPSA) is 98.7 Å². The number of hydrogen-bond donors (Lipinski definition) is 2. The Labute approximate surface area is 123 Å². The summed E-state index contributed by atoms with van der Waals surface area (Å²) < 4.78 is 1.53. The van der Waals surface area contributed by atoms with Crippen molar-refractivity contribution in [2.45, 2.75) is 33.2 Å². The number of carbonyl (C=O) groups excluding carboxylic acids is 1. The highest BCUT2D eigenvalue weighted by molar-refractivity contribution is 5.95. The Morgan fingerprint density at radius 1 is 1.43 bits per heavy atom. The van der Waals surface area contributed by atoms with E-state index < -0.39 is 6.04 Å². The molecule has 1 aromatic heterocycles. The van der Waals surface area contributed by atoms with Gasteiger partial charge in [-0.1, -0.05) is 19.9 Å². The van der Waals surface area contributed by atoms with Crippen molar-refractivity contribution in [2.75, 3.05) is 5.32 Å². The SMILES string of the molecule is Cc1ccc(-n2cnnn2)cc1NC(=O)[C@@H](N)CC(C)C. The number of aromatic nitrogens is 4. The molecule has 0 radical (unpaired) electrons. The monoisotopic (exact) mass is 288 g/mol. The van der Waals surface area contributed by atoms with Gasteiger partial charge in [-0.15, -0.1) is 5.10 Å². The van der Waals surface area contributed by atoms with E-state index in [9.17, 15) is 4.79 Å². The minimum atomic E-state index is -0.513. The van der Waals surface area contributed by atoms with Crippen LogP contribution in [0.4, 0.5) is 5.69 Å². The highest BCUT2D eigenvalue weighted by Crippen LogP contribution is 2.19. The van der Waals surface area contributed by atoms with Gasteiger partial charge in [0.25, 0.3) is 0 Å². The normalized spacial score (nSPS) is 12.4. The minimum Gasteiger partial charge on any atom is -0.324 e. The molecule has 0 saturated heterocycles. The minimum absolute atomic E-state index is 0.180. The zero-order valence-electron chi connectivity index (χ0n) is 12.4. The third-order valence-electron chi connectivity index (χ3n) is 3.15.